The Kier molecular flexibility index (Phi) is 4.70. The zero-order valence-electron chi connectivity index (χ0n) is 11.9. The largest absolute Gasteiger partial charge is 0.416 e. The normalized spacial score (nSPS) is 21.1. The van der Waals surface area contributed by atoms with E-state index in [0.717, 1.165) is 31.6 Å². The van der Waals surface area contributed by atoms with Gasteiger partial charge in [0.1, 0.15) is 0 Å². The van der Waals surface area contributed by atoms with Crippen molar-refractivity contribution in [3.05, 3.63) is 34.9 Å². The van der Waals surface area contributed by atoms with Gasteiger partial charge in [-0.15, -0.1) is 0 Å². The van der Waals surface area contributed by atoms with Crippen molar-refractivity contribution in [2.24, 2.45) is 0 Å². The molecule has 0 bridgehead atoms. The minimum atomic E-state index is -4.26. The molecule has 1 aliphatic heterocycles. The van der Waals surface area contributed by atoms with Crippen molar-refractivity contribution in [2.75, 3.05) is 20.1 Å². The van der Waals surface area contributed by atoms with Crippen LogP contribution < -0.4 is 5.32 Å². The fraction of sp³-hybridized carbons (Fsp3) is 0.600. The summed E-state index contributed by atoms with van der Waals surface area (Å²) in [7, 11) is 1.96. The smallest absolute Gasteiger partial charge is 0.316 e. The highest BCUT2D eigenvalue weighted by Crippen LogP contribution is 2.30. The topological polar surface area (TPSA) is 15.3 Å². The van der Waals surface area contributed by atoms with E-state index in [9.17, 15) is 13.2 Å². The number of nitrogens with zero attached hydrogens (tertiary/aromatic N) is 1. The average molecular weight is 286 g/mol. The molecule has 0 spiro atoms. The van der Waals surface area contributed by atoms with Crippen LogP contribution in [0.3, 0.4) is 0 Å². The van der Waals surface area contributed by atoms with Gasteiger partial charge in [-0.1, -0.05) is 6.07 Å². The molecule has 20 heavy (non-hydrogen) atoms. The highest BCUT2D eigenvalue weighted by Gasteiger charge is 2.30. The van der Waals surface area contributed by atoms with E-state index in [-0.39, 0.29) is 0 Å². The molecule has 1 unspecified atom stereocenters. The first-order chi connectivity index (χ1) is 9.40. The number of likely N-dealkylation sites (tertiary alicyclic amines) is 1. The minimum Gasteiger partial charge on any atom is -0.316 e. The van der Waals surface area contributed by atoms with Gasteiger partial charge in [0.05, 0.1) is 5.56 Å². The lowest BCUT2D eigenvalue weighted by molar-refractivity contribution is -0.137. The van der Waals surface area contributed by atoms with E-state index in [1.165, 1.54) is 18.6 Å². The maximum Gasteiger partial charge on any atom is 0.416 e. The summed E-state index contributed by atoms with van der Waals surface area (Å²) in [6.07, 6.45) is -1.96. The number of nitrogens with one attached hydrogen (secondary N) is 1. The second-order valence-corrected chi connectivity index (χ2v) is 5.50. The van der Waals surface area contributed by atoms with Gasteiger partial charge >= 0.3 is 6.18 Å². The molecule has 0 aliphatic carbocycles. The molecule has 1 atom stereocenters. The summed E-state index contributed by atoms with van der Waals surface area (Å²) in [6, 6.07) is 4.52. The number of rotatable bonds is 3. The second kappa shape index (κ2) is 6.14. The summed E-state index contributed by atoms with van der Waals surface area (Å²) >= 11 is 0. The first-order valence-electron chi connectivity index (χ1n) is 6.96. The lowest BCUT2D eigenvalue weighted by atomic mass is 10.0. The van der Waals surface area contributed by atoms with Crippen LogP contribution in [0.25, 0.3) is 0 Å². The van der Waals surface area contributed by atoms with Gasteiger partial charge in [-0.05, 0) is 56.6 Å². The summed E-state index contributed by atoms with van der Waals surface area (Å²) in [6.45, 7) is 4.45. The molecule has 0 aromatic heterocycles. The van der Waals surface area contributed by atoms with E-state index >= 15 is 0 Å². The van der Waals surface area contributed by atoms with Crippen LogP contribution in [0.4, 0.5) is 13.2 Å². The van der Waals surface area contributed by atoms with E-state index in [1.54, 1.807) is 13.0 Å². The molecular formula is C15H21F3N2. The Bertz CT molecular complexity index is 457. The molecule has 1 heterocycles. The first-order valence-corrected chi connectivity index (χ1v) is 6.96. The summed E-state index contributed by atoms with van der Waals surface area (Å²) in [5.41, 5.74) is 1.13. The van der Waals surface area contributed by atoms with Gasteiger partial charge in [0.2, 0.25) is 0 Å². The summed E-state index contributed by atoms with van der Waals surface area (Å²) in [4.78, 5) is 2.31. The number of likely N-dealkylation sites (N-methyl/N-ethyl adjacent to an activating group) is 1. The Morgan fingerprint density at radius 3 is 2.70 bits per heavy atom. The Balaban J connectivity index is 2.06. The zero-order chi connectivity index (χ0) is 14.8. The molecule has 1 aromatic rings. The average Bonchev–Trinajstić information content (AvgIpc) is 2.40. The molecule has 0 saturated carbocycles. The number of halogens is 3. The predicted octanol–water partition coefficient (Wildman–Crippen LogP) is 3.20. The van der Waals surface area contributed by atoms with Gasteiger partial charge in [0.15, 0.2) is 0 Å². The number of piperidine rings is 1. The maximum absolute atomic E-state index is 12.6. The summed E-state index contributed by atoms with van der Waals surface area (Å²) in [5.74, 6) is 0. The summed E-state index contributed by atoms with van der Waals surface area (Å²) < 4.78 is 37.9. The molecule has 112 valence electrons. The number of hydrogen-bond acceptors (Lipinski definition) is 2. The number of aryl methyl sites for hydroxylation is 1. The van der Waals surface area contributed by atoms with Gasteiger partial charge in [-0.25, -0.2) is 0 Å². The lowest BCUT2D eigenvalue weighted by Crippen LogP contribution is -2.43. The molecule has 0 amide bonds. The first kappa shape index (κ1) is 15.3. The molecular weight excluding hydrogens is 265 g/mol. The number of hydrogen-bond donors (Lipinski definition) is 1. The Labute approximate surface area is 118 Å². The monoisotopic (exact) mass is 286 g/mol. The van der Waals surface area contributed by atoms with Crippen LogP contribution in [0.15, 0.2) is 18.2 Å². The third kappa shape index (κ3) is 3.73. The quantitative estimate of drug-likeness (QED) is 0.918. The maximum atomic E-state index is 12.6. The van der Waals surface area contributed by atoms with Crippen molar-refractivity contribution in [2.45, 2.75) is 38.5 Å². The van der Waals surface area contributed by atoms with Crippen molar-refractivity contribution in [3.63, 3.8) is 0 Å². The third-order valence-electron chi connectivity index (χ3n) is 3.98. The van der Waals surface area contributed by atoms with Crippen LogP contribution in [0.5, 0.6) is 0 Å². The van der Waals surface area contributed by atoms with E-state index in [2.05, 4.69) is 10.2 Å². The number of benzene rings is 1. The van der Waals surface area contributed by atoms with Crippen molar-refractivity contribution in [3.8, 4) is 0 Å². The van der Waals surface area contributed by atoms with Gasteiger partial charge in [0, 0.05) is 19.1 Å². The molecule has 5 heteroatoms. The van der Waals surface area contributed by atoms with Gasteiger partial charge < -0.3 is 5.32 Å². The minimum absolute atomic E-state index is 0.485. The second-order valence-electron chi connectivity index (χ2n) is 5.50. The fourth-order valence-corrected chi connectivity index (χ4v) is 2.73. The van der Waals surface area contributed by atoms with Crippen molar-refractivity contribution in [1.29, 1.82) is 0 Å². The van der Waals surface area contributed by atoms with Crippen molar-refractivity contribution < 1.29 is 13.2 Å². The highest BCUT2D eigenvalue weighted by molar-refractivity contribution is 5.32. The van der Waals surface area contributed by atoms with Crippen LogP contribution in [-0.4, -0.2) is 31.1 Å². The van der Waals surface area contributed by atoms with E-state index < -0.39 is 11.7 Å². The van der Waals surface area contributed by atoms with Crippen LogP contribution in [0.1, 0.15) is 29.5 Å². The molecule has 2 rings (SSSR count). The molecule has 0 radical (unpaired) electrons. The SMILES string of the molecule is CNC1CCCN(Cc2ccc(C(F)(F)F)cc2C)C1. The molecule has 1 aliphatic rings. The number of alkyl halides is 3. The Morgan fingerprint density at radius 1 is 1.35 bits per heavy atom. The van der Waals surface area contributed by atoms with Crippen LogP contribution in [0, 0.1) is 6.92 Å². The van der Waals surface area contributed by atoms with Crippen LogP contribution in [0.2, 0.25) is 0 Å². The summed E-state index contributed by atoms with van der Waals surface area (Å²) in [5, 5.41) is 3.27. The van der Waals surface area contributed by atoms with Crippen molar-refractivity contribution in [1.82, 2.24) is 10.2 Å². The molecule has 1 aromatic carbocycles. The van der Waals surface area contributed by atoms with E-state index in [1.807, 2.05) is 7.05 Å². The Hall–Kier alpha value is -1.07. The highest BCUT2D eigenvalue weighted by atomic mass is 19.4. The predicted molar refractivity (Wildman–Crippen MR) is 73.5 cm³/mol. The van der Waals surface area contributed by atoms with Crippen LogP contribution >= 0.6 is 0 Å². The van der Waals surface area contributed by atoms with Gasteiger partial charge in [-0.3, -0.25) is 4.90 Å². The van der Waals surface area contributed by atoms with E-state index in [4.69, 9.17) is 0 Å². The van der Waals surface area contributed by atoms with Crippen molar-refractivity contribution >= 4 is 0 Å². The molecule has 2 nitrogen and oxygen atoms in total. The fourth-order valence-electron chi connectivity index (χ4n) is 2.73. The lowest BCUT2D eigenvalue weighted by Gasteiger charge is -2.32. The molecule has 1 fully saturated rings. The van der Waals surface area contributed by atoms with Gasteiger partial charge in [0.25, 0.3) is 0 Å². The molecule has 1 saturated heterocycles. The van der Waals surface area contributed by atoms with Gasteiger partial charge in [-0.2, -0.15) is 13.2 Å². The standard InChI is InChI=1S/C15H21F3N2/c1-11-8-13(15(16,17)18)6-5-12(11)9-20-7-3-4-14(10-20)19-2/h5-6,8,14,19H,3-4,7,9-10H2,1-2H3. The Morgan fingerprint density at radius 2 is 2.10 bits per heavy atom. The zero-order valence-corrected chi connectivity index (χ0v) is 11.9. The third-order valence-corrected chi connectivity index (χ3v) is 3.98. The van der Waals surface area contributed by atoms with Crippen LogP contribution in [-0.2, 0) is 12.7 Å². The van der Waals surface area contributed by atoms with E-state index in [0.29, 0.717) is 11.6 Å². The molecule has 1 N–H and O–H groups in total.